The van der Waals surface area contributed by atoms with Gasteiger partial charge in [0.15, 0.2) is 0 Å². The van der Waals surface area contributed by atoms with Gasteiger partial charge in [-0.05, 0) is 77.4 Å². The molecule has 3 atom stereocenters. The summed E-state index contributed by atoms with van der Waals surface area (Å²) in [5, 5.41) is 15.7. The van der Waals surface area contributed by atoms with Crippen LogP contribution in [0.5, 0.6) is 0 Å². The fourth-order valence-corrected chi connectivity index (χ4v) is 8.84. The maximum atomic E-state index is 14.2. The maximum absolute atomic E-state index is 14.2. The summed E-state index contributed by atoms with van der Waals surface area (Å²) >= 11 is 6.12. The lowest BCUT2D eigenvalue weighted by Gasteiger charge is -2.42. The maximum Gasteiger partial charge on any atom is 0.302 e. The molecule has 0 aromatic heterocycles. The van der Waals surface area contributed by atoms with Crippen molar-refractivity contribution in [1.29, 1.82) is 0 Å². The fourth-order valence-electron chi connectivity index (χ4n) is 6.87. The molecule has 52 heavy (non-hydrogen) atoms. The first-order valence-electron chi connectivity index (χ1n) is 17.6. The van der Waals surface area contributed by atoms with Crippen LogP contribution in [-0.2, 0) is 35.4 Å². The monoisotopic (exact) mass is 762 g/mol. The van der Waals surface area contributed by atoms with E-state index in [1.807, 2.05) is 4.90 Å². The first-order chi connectivity index (χ1) is 24.5. The third-order valence-corrected chi connectivity index (χ3v) is 11.8. The molecule has 2 fully saturated rings. The summed E-state index contributed by atoms with van der Waals surface area (Å²) in [5.41, 5.74) is 2.19. The largest absolute Gasteiger partial charge is 0.465 e. The van der Waals surface area contributed by atoms with Gasteiger partial charge in [0.2, 0.25) is 15.7 Å². The van der Waals surface area contributed by atoms with Crippen LogP contribution in [0.15, 0.2) is 53.4 Å². The number of benzene rings is 2. The van der Waals surface area contributed by atoms with Gasteiger partial charge >= 0.3 is 5.97 Å². The van der Waals surface area contributed by atoms with Gasteiger partial charge in [0.1, 0.15) is 16.9 Å². The van der Waals surface area contributed by atoms with Gasteiger partial charge < -0.3 is 14.5 Å². The van der Waals surface area contributed by atoms with Gasteiger partial charge in [-0.1, -0.05) is 55.1 Å². The standard InChI is InChI=1S/C36H51ClN6O8S/c1-25(44)51-24-36(2,3)35(46)42(28-11-7-6-8-12-28)29-19-20-41(22-29)39-34(45)30(21-26-15-17-27(37)18-16-26)38-33(23-40(4)5)52(49,50)32-14-10-9-13-31(32)43(47)48/h9-10,13-18,28-30,33,38H,6-8,11-12,19-24H2,1-5H3,(H,39,45)/t29-,30+,33?/m0/s1. The van der Waals surface area contributed by atoms with Crippen molar-refractivity contribution in [2.75, 3.05) is 40.3 Å². The minimum absolute atomic E-state index is 0.0249. The van der Waals surface area contributed by atoms with Crippen molar-refractivity contribution in [2.24, 2.45) is 5.41 Å². The van der Waals surface area contributed by atoms with E-state index in [4.69, 9.17) is 16.3 Å². The van der Waals surface area contributed by atoms with E-state index in [1.54, 1.807) is 62.1 Å². The van der Waals surface area contributed by atoms with Gasteiger partial charge in [-0.3, -0.25) is 35.2 Å². The van der Waals surface area contributed by atoms with Crippen molar-refractivity contribution in [3.05, 3.63) is 69.2 Å². The zero-order valence-electron chi connectivity index (χ0n) is 30.5. The highest BCUT2D eigenvalue weighted by Gasteiger charge is 2.43. The van der Waals surface area contributed by atoms with Crippen molar-refractivity contribution in [1.82, 2.24) is 25.6 Å². The number of hydrazine groups is 1. The number of hydrogen-bond acceptors (Lipinski definition) is 11. The highest BCUT2D eigenvalue weighted by molar-refractivity contribution is 7.92. The number of likely N-dealkylation sites (N-methyl/N-ethyl adjacent to an activating group) is 1. The summed E-state index contributed by atoms with van der Waals surface area (Å²) in [7, 11) is -1.03. The third-order valence-electron chi connectivity index (χ3n) is 9.57. The van der Waals surface area contributed by atoms with Crippen LogP contribution in [0.25, 0.3) is 0 Å². The molecule has 14 nitrogen and oxygen atoms in total. The quantitative estimate of drug-likeness (QED) is 0.144. The Hall–Kier alpha value is -3.63. The number of nitro benzene ring substituents is 1. The third kappa shape index (κ3) is 10.7. The molecule has 0 radical (unpaired) electrons. The van der Waals surface area contributed by atoms with Crippen molar-refractivity contribution >= 4 is 44.9 Å². The summed E-state index contributed by atoms with van der Waals surface area (Å²) in [6, 6.07) is 10.7. The molecular formula is C36H51ClN6O8S. The zero-order chi connectivity index (χ0) is 38.2. The molecule has 1 unspecified atom stereocenters. The topological polar surface area (TPSA) is 172 Å². The molecule has 2 N–H and O–H groups in total. The average molecular weight is 763 g/mol. The molecule has 2 aromatic rings. The lowest BCUT2D eigenvalue weighted by Crippen LogP contribution is -2.58. The Kier molecular flexibility index (Phi) is 14.2. The minimum atomic E-state index is -4.38. The number of rotatable bonds is 16. The number of hydrogen-bond donors (Lipinski definition) is 2. The number of carbonyl (C=O) groups is 3. The zero-order valence-corrected chi connectivity index (χ0v) is 32.1. The number of esters is 1. The Morgan fingerprint density at radius 2 is 1.69 bits per heavy atom. The number of amides is 2. The van der Waals surface area contributed by atoms with Gasteiger partial charge in [-0.15, -0.1) is 0 Å². The van der Waals surface area contributed by atoms with E-state index < -0.39 is 54.1 Å². The average Bonchev–Trinajstić information content (AvgIpc) is 3.55. The molecular weight excluding hydrogens is 712 g/mol. The number of ether oxygens (including phenoxy) is 1. The SMILES string of the molecule is CC(=O)OCC(C)(C)C(=O)N(C1CCCCC1)[C@H]1CCN(NC(=O)[C@@H](Cc2ccc(Cl)cc2)NC(CN(C)C)S(=O)(=O)c2ccccc2[N+](=O)[O-])C1. The molecule has 1 heterocycles. The molecule has 2 aliphatic rings. The van der Waals surface area contributed by atoms with Crippen molar-refractivity contribution in [2.45, 2.75) is 94.1 Å². The van der Waals surface area contributed by atoms with E-state index in [-0.39, 0.29) is 37.6 Å². The van der Waals surface area contributed by atoms with Crippen LogP contribution in [0.2, 0.25) is 5.02 Å². The predicted molar refractivity (Wildman–Crippen MR) is 197 cm³/mol. The van der Waals surface area contributed by atoms with Crippen molar-refractivity contribution < 1.29 is 32.5 Å². The van der Waals surface area contributed by atoms with E-state index in [2.05, 4.69) is 10.7 Å². The normalized spacial score (nSPS) is 18.5. The predicted octanol–water partition coefficient (Wildman–Crippen LogP) is 3.97. The van der Waals surface area contributed by atoms with Gasteiger partial charge in [-0.2, -0.15) is 0 Å². The van der Waals surface area contributed by atoms with Crippen molar-refractivity contribution in [3.63, 3.8) is 0 Å². The molecule has 1 aliphatic heterocycles. The molecule has 4 rings (SSSR count). The van der Waals surface area contributed by atoms with Gasteiger partial charge in [0.25, 0.3) is 11.6 Å². The lowest BCUT2D eigenvalue weighted by molar-refractivity contribution is -0.387. The molecule has 2 aromatic carbocycles. The smallest absolute Gasteiger partial charge is 0.302 e. The first-order valence-corrected chi connectivity index (χ1v) is 19.6. The molecule has 2 amide bonds. The van der Waals surface area contributed by atoms with Crippen LogP contribution >= 0.6 is 11.6 Å². The molecule has 0 bridgehead atoms. The lowest BCUT2D eigenvalue weighted by atomic mass is 9.87. The summed E-state index contributed by atoms with van der Waals surface area (Å²) in [5.74, 6) is -1.06. The summed E-state index contributed by atoms with van der Waals surface area (Å²) in [6.07, 6.45) is 5.54. The second-order valence-corrected chi connectivity index (χ2v) is 17.1. The summed E-state index contributed by atoms with van der Waals surface area (Å²) < 4.78 is 33.4. The number of para-hydroxylation sites is 1. The van der Waals surface area contributed by atoms with Crippen LogP contribution in [0.4, 0.5) is 5.69 Å². The highest BCUT2D eigenvalue weighted by Crippen LogP contribution is 2.32. The molecule has 0 spiro atoms. The summed E-state index contributed by atoms with van der Waals surface area (Å²) in [6.45, 7) is 5.54. The Morgan fingerprint density at radius 3 is 2.31 bits per heavy atom. The Bertz CT molecular complexity index is 1680. The second-order valence-electron chi connectivity index (χ2n) is 14.6. The number of nitro groups is 1. The number of halogens is 1. The van der Waals surface area contributed by atoms with E-state index in [1.165, 1.54) is 25.1 Å². The van der Waals surface area contributed by atoms with E-state index >= 15 is 0 Å². The van der Waals surface area contributed by atoms with Crippen LogP contribution in [-0.4, -0.2) is 110 Å². The van der Waals surface area contributed by atoms with Crippen LogP contribution in [0, 0.1) is 15.5 Å². The van der Waals surface area contributed by atoms with Crippen LogP contribution in [0.3, 0.4) is 0 Å². The highest BCUT2D eigenvalue weighted by atomic mass is 35.5. The minimum Gasteiger partial charge on any atom is -0.465 e. The Morgan fingerprint density at radius 1 is 1.04 bits per heavy atom. The van der Waals surface area contributed by atoms with Gasteiger partial charge in [0, 0.05) is 49.7 Å². The van der Waals surface area contributed by atoms with Crippen LogP contribution < -0.4 is 10.7 Å². The second kappa shape index (κ2) is 17.9. The number of sulfone groups is 1. The molecule has 1 saturated heterocycles. The molecule has 1 saturated carbocycles. The Labute approximate surface area is 311 Å². The fraction of sp³-hybridized carbons (Fsp3) is 0.583. The number of nitrogens with one attached hydrogen (secondary N) is 2. The number of carbonyl (C=O) groups excluding carboxylic acids is 3. The molecule has 286 valence electrons. The van der Waals surface area contributed by atoms with Crippen molar-refractivity contribution in [3.8, 4) is 0 Å². The van der Waals surface area contributed by atoms with Crippen LogP contribution in [0.1, 0.15) is 64.9 Å². The van der Waals surface area contributed by atoms with E-state index in [0.29, 0.717) is 30.1 Å². The first kappa shape index (κ1) is 41.1. The summed E-state index contributed by atoms with van der Waals surface area (Å²) in [4.78, 5) is 54.1. The van der Waals surface area contributed by atoms with E-state index in [9.17, 15) is 32.9 Å². The molecule has 1 aliphatic carbocycles. The van der Waals surface area contributed by atoms with E-state index in [0.717, 1.165) is 38.2 Å². The Balaban J connectivity index is 1.60. The number of nitrogens with zero attached hydrogens (tertiary/aromatic N) is 4. The van der Waals surface area contributed by atoms with Gasteiger partial charge in [0.05, 0.1) is 16.4 Å². The van der Waals surface area contributed by atoms with Gasteiger partial charge in [-0.25, -0.2) is 13.4 Å². The molecule has 16 heteroatoms.